The maximum absolute atomic E-state index is 12.0. The van der Waals surface area contributed by atoms with Gasteiger partial charge in [0.25, 0.3) is 0 Å². The Morgan fingerprint density at radius 2 is 1.29 bits per heavy atom. The lowest BCUT2D eigenvalue weighted by molar-refractivity contribution is -0.123. The molecule has 0 spiro atoms. The summed E-state index contributed by atoms with van der Waals surface area (Å²) in [5.74, 6) is 0.164. The van der Waals surface area contributed by atoms with Gasteiger partial charge in [-0.1, -0.05) is 78.1 Å². The van der Waals surface area contributed by atoms with Crippen LogP contribution < -0.4 is 10.6 Å². The van der Waals surface area contributed by atoms with Gasteiger partial charge in [-0.25, -0.2) is 0 Å². The summed E-state index contributed by atoms with van der Waals surface area (Å²) < 4.78 is 0. The first-order valence-corrected chi connectivity index (χ1v) is 11.7. The molecule has 0 aliphatic carbocycles. The summed E-state index contributed by atoms with van der Waals surface area (Å²) in [5, 5.41) is 16.3. The summed E-state index contributed by atoms with van der Waals surface area (Å²) in [6, 6.07) is -0.124. The van der Waals surface area contributed by atoms with E-state index in [-0.39, 0.29) is 17.9 Å². The number of unbranched alkanes of at least 4 members (excludes halogenated alkanes) is 9. The quantitative estimate of drug-likeness (QED) is 0.272. The highest BCUT2D eigenvalue weighted by atomic mass is 16.3. The second kappa shape index (κ2) is 19.2. The van der Waals surface area contributed by atoms with E-state index in [1.807, 2.05) is 6.92 Å². The number of carbonyl (C=O) groups is 2. The van der Waals surface area contributed by atoms with Crippen molar-refractivity contribution in [2.45, 2.75) is 129 Å². The molecule has 0 heterocycles. The standard InChI is InChI=1S/C23H46N2O3/c1-4-6-7-8-11-14-18-21(26)20(25-23(28)16-5-2)17-13-10-9-12-15-19-22(27)24-3/h20-21,26H,4-19H2,1-3H3,(H,24,27)(H,25,28). The van der Waals surface area contributed by atoms with E-state index in [2.05, 4.69) is 17.6 Å². The van der Waals surface area contributed by atoms with E-state index in [4.69, 9.17) is 0 Å². The molecule has 0 saturated carbocycles. The zero-order chi connectivity index (χ0) is 21.0. The summed E-state index contributed by atoms with van der Waals surface area (Å²) >= 11 is 0. The molecule has 2 unspecified atom stereocenters. The minimum Gasteiger partial charge on any atom is -0.391 e. The van der Waals surface area contributed by atoms with Crippen LogP contribution in [0.5, 0.6) is 0 Å². The molecule has 5 nitrogen and oxygen atoms in total. The van der Waals surface area contributed by atoms with Gasteiger partial charge in [-0.3, -0.25) is 9.59 Å². The molecule has 5 heteroatoms. The summed E-state index contributed by atoms with van der Waals surface area (Å²) in [7, 11) is 1.67. The van der Waals surface area contributed by atoms with Crippen LogP contribution in [-0.2, 0) is 9.59 Å². The van der Waals surface area contributed by atoms with Gasteiger partial charge in [0, 0.05) is 19.9 Å². The molecular formula is C23H46N2O3. The zero-order valence-corrected chi connectivity index (χ0v) is 18.7. The monoisotopic (exact) mass is 398 g/mol. The minimum absolute atomic E-state index is 0.0556. The zero-order valence-electron chi connectivity index (χ0n) is 18.7. The first-order chi connectivity index (χ1) is 13.5. The lowest BCUT2D eigenvalue weighted by Crippen LogP contribution is -2.43. The molecule has 0 aliphatic heterocycles. The number of rotatable bonds is 19. The maximum Gasteiger partial charge on any atom is 0.220 e. The highest BCUT2D eigenvalue weighted by Gasteiger charge is 2.20. The predicted octanol–water partition coefficient (Wildman–Crippen LogP) is 4.86. The van der Waals surface area contributed by atoms with Gasteiger partial charge in [-0.15, -0.1) is 0 Å². The van der Waals surface area contributed by atoms with Crippen molar-refractivity contribution >= 4 is 11.8 Å². The average molecular weight is 399 g/mol. The van der Waals surface area contributed by atoms with E-state index < -0.39 is 6.10 Å². The number of amides is 2. The fourth-order valence-corrected chi connectivity index (χ4v) is 3.51. The molecule has 0 fully saturated rings. The van der Waals surface area contributed by atoms with Crippen molar-refractivity contribution in [1.82, 2.24) is 10.6 Å². The lowest BCUT2D eigenvalue weighted by Gasteiger charge is -2.24. The molecule has 0 aliphatic rings. The molecule has 0 aromatic rings. The number of aliphatic hydroxyl groups is 1. The molecule has 2 atom stereocenters. The highest BCUT2D eigenvalue weighted by Crippen LogP contribution is 2.15. The van der Waals surface area contributed by atoms with Crippen LogP contribution in [0, 0.1) is 0 Å². The van der Waals surface area contributed by atoms with Crippen LogP contribution in [0.4, 0.5) is 0 Å². The predicted molar refractivity (Wildman–Crippen MR) is 117 cm³/mol. The van der Waals surface area contributed by atoms with Crippen molar-refractivity contribution in [1.29, 1.82) is 0 Å². The van der Waals surface area contributed by atoms with E-state index >= 15 is 0 Å². The van der Waals surface area contributed by atoms with Gasteiger partial charge in [0.15, 0.2) is 0 Å². The molecule has 0 bridgehead atoms. The summed E-state index contributed by atoms with van der Waals surface area (Å²) in [5.41, 5.74) is 0. The third-order valence-electron chi connectivity index (χ3n) is 5.34. The van der Waals surface area contributed by atoms with Crippen LogP contribution in [0.25, 0.3) is 0 Å². The highest BCUT2D eigenvalue weighted by molar-refractivity contribution is 5.76. The fourth-order valence-electron chi connectivity index (χ4n) is 3.51. The van der Waals surface area contributed by atoms with Gasteiger partial charge in [-0.05, 0) is 25.7 Å². The third-order valence-corrected chi connectivity index (χ3v) is 5.34. The Morgan fingerprint density at radius 3 is 1.89 bits per heavy atom. The molecule has 0 radical (unpaired) electrons. The second-order valence-corrected chi connectivity index (χ2v) is 8.03. The SMILES string of the molecule is CCCCCCCCC(O)C(CCCCCCCC(=O)NC)NC(=O)CCC. The van der Waals surface area contributed by atoms with Crippen LogP contribution in [-0.4, -0.2) is 36.1 Å². The topological polar surface area (TPSA) is 78.4 Å². The molecule has 0 aromatic heterocycles. The van der Waals surface area contributed by atoms with E-state index in [0.29, 0.717) is 12.8 Å². The van der Waals surface area contributed by atoms with Crippen molar-refractivity contribution in [2.24, 2.45) is 0 Å². The first kappa shape index (κ1) is 26.9. The van der Waals surface area contributed by atoms with Crippen molar-refractivity contribution in [3.05, 3.63) is 0 Å². The number of nitrogens with one attached hydrogen (secondary N) is 2. The average Bonchev–Trinajstić information content (AvgIpc) is 2.68. The summed E-state index contributed by atoms with van der Waals surface area (Å²) in [6.07, 6.45) is 15.5. The van der Waals surface area contributed by atoms with Gasteiger partial charge >= 0.3 is 0 Å². The number of hydrogen-bond donors (Lipinski definition) is 3. The van der Waals surface area contributed by atoms with Crippen LogP contribution in [0.3, 0.4) is 0 Å². The maximum atomic E-state index is 12.0. The van der Waals surface area contributed by atoms with E-state index in [1.54, 1.807) is 7.05 Å². The van der Waals surface area contributed by atoms with Crippen LogP contribution in [0.2, 0.25) is 0 Å². The largest absolute Gasteiger partial charge is 0.391 e. The van der Waals surface area contributed by atoms with E-state index in [9.17, 15) is 14.7 Å². The molecule has 0 aromatic carbocycles. The second-order valence-electron chi connectivity index (χ2n) is 8.03. The van der Waals surface area contributed by atoms with Gasteiger partial charge in [0.2, 0.25) is 11.8 Å². The smallest absolute Gasteiger partial charge is 0.220 e. The Hall–Kier alpha value is -1.10. The van der Waals surface area contributed by atoms with Crippen LogP contribution in [0.15, 0.2) is 0 Å². The van der Waals surface area contributed by atoms with Gasteiger partial charge in [0.1, 0.15) is 0 Å². The molecule has 166 valence electrons. The molecule has 28 heavy (non-hydrogen) atoms. The summed E-state index contributed by atoms with van der Waals surface area (Å²) in [4.78, 5) is 23.2. The number of hydrogen-bond acceptors (Lipinski definition) is 3. The molecule has 3 N–H and O–H groups in total. The normalized spacial score (nSPS) is 13.1. The van der Waals surface area contributed by atoms with Crippen LogP contribution >= 0.6 is 0 Å². The fraction of sp³-hybridized carbons (Fsp3) is 0.913. The van der Waals surface area contributed by atoms with E-state index in [0.717, 1.165) is 64.2 Å². The Balaban J connectivity index is 4.10. The molecular weight excluding hydrogens is 352 g/mol. The Bertz CT molecular complexity index is 388. The lowest BCUT2D eigenvalue weighted by atomic mass is 9.97. The third kappa shape index (κ3) is 15.9. The van der Waals surface area contributed by atoms with E-state index in [1.165, 1.54) is 25.7 Å². The van der Waals surface area contributed by atoms with Gasteiger partial charge in [-0.2, -0.15) is 0 Å². The Kier molecular flexibility index (Phi) is 18.5. The Morgan fingerprint density at radius 1 is 0.714 bits per heavy atom. The van der Waals surface area contributed by atoms with Crippen molar-refractivity contribution in [2.75, 3.05) is 7.05 Å². The number of aliphatic hydroxyl groups excluding tert-OH is 1. The number of carbonyl (C=O) groups excluding carboxylic acids is 2. The van der Waals surface area contributed by atoms with Crippen molar-refractivity contribution < 1.29 is 14.7 Å². The molecule has 0 saturated heterocycles. The van der Waals surface area contributed by atoms with Crippen LogP contribution in [0.1, 0.15) is 117 Å². The van der Waals surface area contributed by atoms with Gasteiger partial charge < -0.3 is 15.7 Å². The molecule has 2 amide bonds. The first-order valence-electron chi connectivity index (χ1n) is 11.7. The van der Waals surface area contributed by atoms with Gasteiger partial charge in [0.05, 0.1) is 12.1 Å². The molecule has 0 rings (SSSR count). The minimum atomic E-state index is -0.444. The van der Waals surface area contributed by atoms with Crippen molar-refractivity contribution in [3.8, 4) is 0 Å². The summed E-state index contributed by atoms with van der Waals surface area (Å²) in [6.45, 7) is 4.22. The van der Waals surface area contributed by atoms with Crippen molar-refractivity contribution in [3.63, 3.8) is 0 Å². The Labute approximate surface area is 173 Å².